The summed E-state index contributed by atoms with van der Waals surface area (Å²) in [7, 11) is 0. The number of hydrogen-bond acceptors (Lipinski definition) is 1. The van der Waals surface area contributed by atoms with E-state index in [9.17, 15) is 5.11 Å². The van der Waals surface area contributed by atoms with E-state index in [1.165, 1.54) is 62.5 Å². The first-order chi connectivity index (χ1) is 16.5. The molecule has 35 heavy (non-hydrogen) atoms. The van der Waals surface area contributed by atoms with E-state index < -0.39 is 0 Å². The summed E-state index contributed by atoms with van der Waals surface area (Å²) < 4.78 is 0. The third kappa shape index (κ3) is 9.32. The first kappa shape index (κ1) is 29.5. The largest absolute Gasteiger partial charge is 0.507 e. The first-order valence-electron chi connectivity index (χ1n) is 14.4. The van der Waals surface area contributed by atoms with Crippen LogP contribution in [0.3, 0.4) is 0 Å². The SMILES string of the molecule is CCCCCCCCCCC(C)c1cc(C(C)(C)CC(C)(C)C)cc(C(C)c2ccccc2)c1O. The van der Waals surface area contributed by atoms with Crippen LogP contribution in [0.1, 0.15) is 154 Å². The minimum atomic E-state index is 0.0457. The number of phenolic OH excluding ortho intramolecular Hbond substituents is 1. The maximum atomic E-state index is 11.5. The van der Waals surface area contributed by atoms with Crippen LogP contribution in [0, 0.1) is 5.41 Å². The van der Waals surface area contributed by atoms with E-state index in [0.29, 0.717) is 11.7 Å². The smallest absolute Gasteiger partial charge is 0.122 e. The first-order valence-corrected chi connectivity index (χ1v) is 14.4. The molecule has 0 aromatic heterocycles. The van der Waals surface area contributed by atoms with Crippen molar-refractivity contribution in [2.75, 3.05) is 0 Å². The average Bonchev–Trinajstić information content (AvgIpc) is 2.79. The number of benzene rings is 2. The molecule has 0 bridgehead atoms. The van der Waals surface area contributed by atoms with Crippen molar-refractivity contribution in [3.05, 3.63) is 64.7 Å². The van der Waals surface area contributed by atoms with Crippen LogP contribution in [0.2, 0.25) is 0 Å². The average molecular weight is 479 g/mol. The molecule has 0 saturated carbocycles. The van der Waals surface area contributed by atoms with Crippen molar-refractivity contribution in [3.8, 4) is 5.75 Å². The fourth-order valence-corrected chi connectivity index (χ4v) is 5.87. The highest BCUT2D eigenvalue weighted by Crippen LogP contribution is 2.44. The molecule has 0 aliphatic carbocycles. The Kier molecular flexibility index (Phi) is 11.4. The zero-order valence-corrected chi connectivity index (χ0v) is 24.2. The summed E-state index contributed by atoms with van der Waals surface area (Å²) in [6, 6.07) is 15.3. The molecular weight excluding hydrogens is 424 g/mol. The minimum Gasteiger partial charge on any atom is -0.507 e. The monoisotopic (exact) mass is 478 g/mol. The summed E-state index contributed by atoms with van der Waals surface area (Å²) in [4.78, 5) is 0. The van der Waals surface area contributed by atoms with Gasteiger partial charge in [-0.2, -0.15) is 0 Å². The zero-order valence-electron chi connectivity index (χ0n) is 24.2. The van der Waals surface area contributed by atoms with Gasteiger partial charge in [0.25, 0.3) is 0 Å². The molecule has 0 radical (unpaired) electrons. The Morgan fingerprint density at radius 1 is 0.743 bits per heavy atom. The summed E-state index contributed by atoms with van der Waals surface area (Å²) in [5.74, 6) is 1.04. The van der Waals surface area contributed by atoms with Gasteiger partial charge >= 0.3 is 0 Å². The molecular formula is C34H54O. The van der Waals surface area contributed by atoms with Crippen LogP contribution in [0.15, 0.2) is 42.5 Å². The minimum absolute atomic E-state index is 0.0457. The molecule has 2 unspecified atom stereocenters. The molecule has 2 rings (SSSR count). The van der Waals surface area contributed by atoms with Gasteiger partial charge in [0.05, 0.1) is 0 Å². The van der Waals surface area contributed by atoms with E-state index in [4.69, 9.17) is 0 Å². The van der Waals surface area contributed by atoms with Crippen LogP contribution in [0.5, 0.6) is 5.75 Å². The van der Waals surface area contributed by atoms with Crippen LogP contribution in [-0.2, 0) is 5.41 Å². The predicted molar refractivity (Wildman–Crippen MR) is 155 cm³/mol. The lowest BCUT2D eigenvalue weighted by Gasteiger charge is -2.34. The molecule has 0 aliphatic heterocycles. The molecule has 0 saturated heterocycles. The van der Waals surface area contributed by atoms with Gasteiger partial charge in [-0.05, 0) is 46.3 Å². The molecule has 0 spiro atoms. The second kappa shape index (κ2) is 13.5. The zero-order chi connectivity index (χ0) is 26.1. The van der Waals surface area contributed by atoms with Crippen molar-refractivity contribution in [2.24, 2.45) is 5.41 Å². The highest BCUT2D eigenvalue weighted by molar-refractivity contribution is 5.51. The Hall–Kier alpha value is -1.76. The molecule has 2 aromatic rings. The van der Waals surface area contributed by atoms with Crippen molar-refractivity contribution < 1.29 is 5.11 Å². The molecule has 0 amide bonds. The van der Waals surface area contributed by atoms with Gasteiger partial charge in [0.1, 0.15) is 5.75 Å². The maximum Gasteiger partial charge on any atom is 0.122 e. The van der Waals surface area contributed by atoms with Gasteiger partial charge in [-0.1, -0.05) is 149 Å². The van der Waals surface area contributed by atoms with Gasteiger partial charge in [-0.25, -0.2) is 0 Å². The van der Waals surface area contributed by atoms with Crippen LogP contribution in [-0.4, -0.2) is 5.11 Å². The predicted octanol–water partition coefficient (Wildman–Crippen LogP) is 10.9. The van der Waals surface area contributed by atoms with Crippen molar-refractivity contribution in [1.29, 1.82) is 0 Å². The van der Waals surface area contributed by atoms with Gasteiger partial charge in [0.2, 0.25) is 0 Å². The molecule has 2 aromatic carbocycles. The summed E-state index contributed by atoms with van der Waals surface area (Å²) in [5, 5.41) is 11.5. The summed E-state index contributed by atoms with van der Waals surface area (Å²) in [6.07, 6.45) is 13.0. The molecule has 196 valence electrons. The highest BCUT2D eigenvalue weighted by atomic mass is 16.3. The molecule has 1 nitrogen and oxygen atoms in total. The summed E-state index contributed by atoms with van der Waals surface area (Å²) in [6.45, 7) is 18.5. The van der Waals surface area contributed by atoms with E-state index >= 15 is 0 Å². The molecule has 1 heteroatoms. The van der Waals surface area contributed by atoms with Gasteiger partial charge < -0.3 is 5.11 Å². The summed E-state index contributed by atoms with van der Waals surface area (Å²) in [5.41, 5.74) is 5.13. The second-order valence-corrected chi connectivity index (χ2v) is 12.9. The Morgan fingerprint density at radius 3 is 1.86 bits per heavy atom. The Morgan fingerprint density at radius 2 is 1.29 bits per heavy atom. The van der Waals surface area contributed by atoms with Crippen LogP contribution in [0.4, 0.5) is 0 Å². The normalized spacial score (nSPS) is 14.2. The third-order valence-corrected chi connectivity index (χ3v) is 7.71. The van der Waals surface area contributed by atoms with Crippen molar-refractivity contribution in [1.82, 2.24) is 0 Å². The topological polar surface area (TPSA) is 20.2 Å². The Bertz CT molecular complexity index is 871. The van der Waals surface area contributed by atoms with E-state index in [-0.39, 0.29) is 16.7 Å². The Balaban J connectivity index is 2.26. The van der Waals surface area contributed by atoms with Crippen LogP contribution >= 0.6 is 0 Å². The molecule has 0 fully saturated rings. The van der Waals surface area contributed by atoms with Crippen molar-refractivity contribution in [2.45, 2.75) is 137 Å². The third-order valence-electron chi connectivity index (χ3n) is 7.71. The quantitative estimate of drug-likeness (QED) is 0.268. The number of hydrogen-bond donors (Lipinski definition) is 1. The lowest BCUT2D eigenvalue weighted by atomic mass is 9.70. The van der Waals surface area contributed by atoms with E-state index in [1.54, 1.807) is 0 Å². The van der Waals surface area contributed by atoms with Crippen LogP contribution < -0.4 is 0 Å². The van der Waals surface area contributed by atoms with E-state index in [0.717, 1.165) is 24.0 Å². The van der Waals surface area contributed by atoms with Crippen molar-refractivity contribution >= 4 is 0 Å². The number of unbranched alkanes of at least 4 members (excludes halogenated alkanes) is 7. The second-order valence-electron chi connectivity index (χ2n) is 12.9. The fraction of sp³-hybridized carbons (Fsp3) is 0.647. The molecule has 1 N–H and O–H groups in total. The molecule has 2 atom stereocenters. The van der Waals surface area contributed by atoms with E-state index in [2.05, 4.69) is 97.9 Å². The number of rotatable bonds is 14. The Labute approximate surface area is 217 Å². The lowest BCUT2D eigenvalue weighted by Crippen LogP contribution is -2.25. The summed E-state index contributed by atoms with van der Waals surface area (Å²) >= 11 is 0. The number of aromatic hydroxyl groups is 1. The van der Waals surface area contributed by atoms with Gasteiger partial charge in [-0.15, -0.1) is 0 Å². The number of phenols is 1. The fourth-order valence-electron chi connectivity index (χ4n) is 5.87. The van der Waals surface area contributed by atoms with Crippen LogP contribution in [0.25, 0.3) is 0 Å². The molecule has 0 heterocycles. The van der Waals surface area contributed by atoms with Gasteiger partial charge in [0.15, 0.2) is 0 Å². The lowest BCUT2D eigenvalue weighted by molar-refractivity contribution is 0.283. The maximum absolute atomic E-state index is 11.5. The van der Waals surface area contributed by atoms with Crippen molar-refractivity contribution in [3.63, 3.8) is 0 Å². The van der Waals surface area contributed by atoms with E-state index in [1.807, 2.05) is 0 Å². The highest BCUT2D eigenvalue weighted by Gasteiger charge is 2.30. The van der Waals surface area contributed by atoms with Gasteiger partial charge in [-0.3, -0.25) is 0 Å². The van der Waals surface area contributed by atoms with Gasteiger partial charge in [0, 0.05) is 11.5 Å². The molecule has 0 aliphatic rings. The standard InChI is InChI=1S/C34H54O/c1-9-10-11-12-13-14-15-17-20-26(2)30-23-29(34(7,8)25-33(4,5)6)24-31(32(30)35)27(3)28-21-18-16-19-22-28/h16,18-19,21-24,26-27,35H,9-15,17,20,25H2,1-8H3.